The molecule has 0 radical (unpaired) electrons. The lowest BCUT2D eigenvalue weighted by Gasteiger charge is -1.93. The van der Waals surface area contributed by atoms with Gasteiger partial charge in [-0.2, -0.15) is 0 Å². The van der Waals surface area contributed by atoms with E-state index in [1.165, 1.54) is 5.00 Å². The van der Waals surface area contributed by atoms with E-state index in [4.69, 9.17) is 0 Å². The molecule has 1 nitrogen and oxygen atoms in total. The van der Waals surface area contributed by atoms with Crippen molar-refractivity contribution < 1.29 is 0 Å². The van der Waals surface area contributed by atoms with E-state index >= 15 is 0 Å². The smallest absolute Gasteiger partial charge is 0.0882 e. The van der Waals surface area contributed by atoms with E-state index in [-0.39, 0.29) is 12.4 Å². The second kappa shape index (κ2) is 4.65. The highest BCUT2D eigenvalue weighted by Crippen LogP contribution is 2.13. The Hall–Kier alpha value is -0.210. The van der Waals surface area contributed by atoms with Gasteiger partial charge in [0.25, 0.3) is 0 Å². The molecule has 0 fully saturated rings. The highest BCUT2D eigenvalue weighted by atomic mass is 35.5. The SMILES string of the molecule is CCNc1cccs1.Cl. The van der Waals surface area contributed by atoms with Crippen molar-refractivity contribution in [3.8, 4) is 0 Å². The molecule has 0 aliphatic heterocycles. The normalized spacial score (nSPS) is 8.11. The first-order valence-electron chi connectivity index (χ1n) is 2.71. The fourth-order valence-corrected chi connectivity index (χ4v) is 1.24. The second-order valence-electron chi connectivity index (χ2n) is 1.51. The third kappa shape index (κ3) is 2.72. The van der Waals surface area contributed by atoms with Crippen LogP contribution < -0.4 is 5.32 Å². The maximum Gasteiger partial charge on any atom is 0.0882 e. The van der Waals surface area contributed by atoms with E-state index in [0.29, 0.717) is 0 Å². The zero-order valence-electron chi connectivity index (χ0n) is 5.26. The van der Waals surface area contributed by atoms with Crippen LogP contribution in [0.4, 0.5) is 5.00 Å². The van der Waals surface area contributed by atoms with Crippen LogP contribution in [-0.4, -0.2) is 6.54 Å². The number of nitrogens with one attached hydrogen (secondary N) is 1. The molecule has 0 saturated carbocycles. The summed E-state index contributed by atoms with van der Waals surface area (Å²) in [7, 11) is 0. The molecule has 1 N–H and O–H groups in total. The van der Waals surface area contributed by atoms with Gasteiger partial charge in [0.15, 0.2) is 0 Å². The van der Waals surface area contributed by atoms with Crippen molar-refractivity contribution in [2.75, 3.05) is 11.9 Å². The Bertz CT molecular complexity index is 139. The number of hydrogen-bond acceptors (Lipinski definition) is 2. The number of anilines is 1. The molecule has 0 saturated heterocycles. The average molecular weight is 164 g/mol. The number of hydrogen-bond donors (Lipinski definition) is 1. The molecule has 0 amide bonds. The molecule has 0 unspecified atom stereocenters. The maximum absolute atomic E-state index is 3.21. The van der Waals surface area contributed by atoms with Gasteiger partial charge in [0, 0.05) is 6.54 Å². The molecule has 52 valence electrons. The number of halogens is 1. The number of thiophene rings is 1. The first kappa shape index (κ1) is 8.79. The van der Waals surface area contributed by atoms with Gasteiger partial charge in [-0.15, -0.1) is 23.7 Å². The first-order chi connectivity index (χ1) is 3.93. The van der Waals surface area contributed by atoms with Gasteiger partial charge in [-0.3, -0.25) is 0 Å². The van der Waals surface area contributed by atoms with E-state index < -0.39 is 0 Å². The van der Waals surface area contributed by atoms with E-state index in [0.717, 1.165) is 6.54 Å². The van der Waals surface area contributed by atoms with E-state index in [1.807, 2.05) is 6.07 Å². The van der Waals surface area contributed by atoms with E-state index in [1.54, 1.807) is 11.3 Å². The Kier molecular flexibility index (Phi) is 4.54. The number of rotatable bonds is 2. The topological polar surface area (TPSA) is 12.0 Å². The van der Waals surface area contributed by atoms with Crippen LogP contribution in [0.5, 0.6) is 0 Å². The highest BCUT2D eigenvalue weighted by molar-refractivity contribution is 7.14. The second-order valence-corrected chi connectivity index (χ2v) is 2.46. The molecular weight excluding hydrogens is 154 g/mol. The van der Waals surface area contributed by atoms with Gasteiger partial charge >= 0.3 is 0 Å². The van der Waals surface area contributed by atoms with Crippen LogP contribution in [0.3, 0.4) is 0 Å². The minimum Gasteiger partial charge on any atom is -0.377 e. The van der Waals surface area contributed by atoms with E-state index in [2.05, 4.69) is 23.7 Å². The lowest BCUT2D eigenvalue weighted by molar-refractivity contribution is 1.23. The average Bonchev–Trinajstić information content (AvgIpc) is 2.19. The third-order valence-corrected chi connectivity index (χ3v) is 1.70. The minimum atomic E-state index is 0. The lowest BCUT2D eigenvalue weighted by Crippen LogP contribution is -1.91. The van der Waals surface area contributed by atoms with Gasteiger partial charge in [-0.1, -0.05) is 0 Å². The first-order valence-corrected chi connectivity index (χ1v) is 3.59. The summed E-state index contributed by atoms with van der Waals surface area (Å²) in [6.45, 7) is 3.11. The van der Waals surface area contributed by atoms with Crippen molar-refractivity contribution in [3.05, 3.63) is 17.5 Å². The molecule has 1 rings (SSSR count). The van der Waals surface area contributed by atoms with Gasteiger partial charge in [-0.05, 0) is 24.4 Å². The van der Waals surface area contributed by atoms with Crippen LogP contribution >= 0.6 is 23.7 Å². The monoisotopic (exact) mass is 163 g/mol. The van der Waals surface area contributed by atoms with Crippen LogP contribution in [0.2, 0.25) is 0 Å². The molecule has 3 heteroatoms. The lowest BCUT2D eigenvalue weighted by atomic mass is 10.6. The fourth-order valence-electron chi connectivity index (χ4n) is 0.553. The minimum absolute atomic E-state index is 0. The van der Waals surface area contributed by atoms with Crippen molar-refractivity contribution in [1.82, 2.24) is 0 Å². The van der Waals surface area contributed by atoms with Crippen LogP contribution in [0.15, 0.2) is 17.5 Å². The van der Waals surface area contributed by atoms with Crippen LogP contribution in [0, 0.1) is 0 Å². The molecule has 0 spiro atoms. The zero-order chi connectivity index (χ0) is 5.82. The van der Waals surface area contributed by atoms with Crippen LogP contribution in [0.25, 0.3) is 0 Å². The Morgan fingerprint density at radius 3 is 2.89 bits per heavy atom. The summed E-state index contributed by atoms with van der Waals surface area (Å²) < 4.78 is 0. The predicted molar refractivity (Wildman–Crippen MR) is 45.7 cm³/mol. The zero-order valence-corrected chi connectivity index (χ0v) is 6.89. The molecule has 0 bridgehead atoms. The van der Waals surface area contributed by atoms with Crippen molar-refractivity contribution >= 4 is 28.7 Å². The summed E-state index contributed by atoms with van der Waals surface area (Å²) in [6, 6.07) is 4.12. The van der Waals surface area contributed by atoms with Gasteiger partial charge in [0.2, 0.25) is 0 Å². The molecule has 1 aromatic heterocycles. The van der Waals surface area contributed by atoms with Crippen molar-refractivity contribution in [1.29, 1.82) is 0 Å². The third-order valence-electron chi connectivity index (χ3n) is 0.872. The van der Waals surface area contributed by atoms with Gasteiger partial charge in [0.1, 0.15) is 0 Å². The van der Waals surface area contributed by atoms with Crippen LogP contribution in [-0.2, 0) is 0 Å². The summed E-state index contributed by atoms with van der Waals surface area (Å²) >= 11 is 1.74. The van der Waals surface area contributed by atoms with Gasteiger partial charge in [0.05, 0.1) is 5.00 Å². The Labute approximate surface area is 65.5 Å². The fraction of sp³-hybridized carbons (Fsp3) is 0.333. The molecule has 1 heterocycles. The summed E-state index contributed by atoms with van der Waals surface area (Å²) in [5.74, 6) is 0. The largest absolute Gasteiger partial charge is 0.377 e. The molecule has 1 aromatic rings. The molecule has 0 atom stereocenters. The Morgan fingerprint density at radius 1 is 1.67 bits per heavy atom. The predicted octanol–water partition coefficient (Wildman–Crippen LogP) is 2.60. The summed E-state index contributed by atoms with van der Waals surface area (Å²) in [4.78, 5) is 0. The maximum atomic E-state index is 3.21. The summed E-state index contributed by atoms with van der Waals surface area (Å²) in [5.41, 5.74) is 0. The summed E-state index contributed by atoms with van der Waals surface area (Å²) in [6.07, 6.45) is 0. The molecule has 0 aliphatic rings. The van der Waals surface area contributed by atoms with E-state index in [9.17, 15) is 0 Å². The van der Waals surface area contributed by atoms with Crippen LogP contribution in [0.1, 0.15) is 6.92 Å². The van der Waals surface area contributed by atoms with Gasteiger partial charge < -0.3 is 5.32 Å². The molecular formula is C6H10ClNS. The molecule has 9 heavy (non-hydrogen) atoms. The Balaban J connectivity index is 0.000000640. The molecule has 0 aliphatic carbocycles. The quantitative estimate of drug-likeness (QED) is 0.707. The van der Waals surface area contributed by atoms with Gasteiger partial charge in [-0.25, -0.2) is 0 Å². The van der Waals surface area contributed by atoms with Crippen molar-refractivity contribution in [2.24, 2.45) is 0 Å². The highest BCUT2D eigenvalue weighted by Gasteiger charge is 1.84. The standard InChI is InChI=1S/C6H9NS.ClH/c1-2-7-6-4-3-5-8-6;/h3-5,7H,2H2,1H3;1H. The van der Waals surface area contributed by atoms with Crippen molar-refractivity contribution in [2.45, 2.75) is 6.92 Å². The summed E-state index contributed by atoms with van der Waals surface area (Å²) in [5, 5.41) is 6.53. The molecule has 0 aromatic carbocycles. The Morgan fingerprint density at radius 2 is 2.44 bits per heavy atom. The van der Waals surface area contributed by atoms with Crippen molar-refractivity contribution in [3.63, 3.8) is 0 Å².